The van der Waals surface area contributed by atoms with Crippen LogP contribution in [0.2, 0.25) is 0 Å². The molecule has 5 rings (SSSR count). The van der Waals surface area contributed by atoms with Crippen molar-refractivity contribution >= 4 is 29.2 Å². The summed E-state index contributed by atoms with van der Waals surface area (Å²) in [5.41, 5.74) is 1.42. The van der Waals surface area contributed by atoms with Crippen molar-refractivity contribution in [3.05, 3.63) is 75.6 Å². The van der Waals surface area contributed by atoms with Gasteiger partial charge in [-0.1, -0.05) is 30.3 Å². The number of nitrogens with one attached hydrogen (secondary N) is 2. The lowest BCUT2D eigenvalue weighted by Gasteiger charge is -2.25. The molecule has 0 spiro atoms. The number of aromatic nitrogens is 4. The van der Waals surface area contributed by atoms with Crippen molar-refractivity contribution in [2.75, 3.05) is 18.4 Å². The Labute approximate surface area is 235 Å². The van der Waals surface area contributed by atoms with Gasteiger partial charge in [0.2, 0.25) is 5.89 Å². The molecule has 208 valence electrons. The first-order valence-electron chi connectivity index (χ1n) is 13.1. The van der Waals surface area contributed by atoms with E-state index in [1.807, 2.05) is 54.5 Å². The van der Waals surface area contributed by atoms with E-state index in [-0.39, 0.29) is 23.7 Å². The number of aryl methyl sites for hydroxylation is 1. The van der Waals surface area contributed by atoms with Gasteiger partial charge in [-0.15, -0.1) is 21.5 Å². The van der Waals surface area contributed by atoms with Crippen molar-refractivity contribution in [3.63, 3.8) is 0 Å². The Balaban J connectivity index is 1.47. The Morgan fingerprint density at radius 3 is 2.70 bits per heavy atom. The van der Waals surface area contributed by atoms with E-state index in [0.29, 0.717) is 36.6 Å². The lowest BCUT2D eigenvalue weighted by molar-refractivity contribution is 0.0735. The van der Waals surface area contributed by atoms with E-state index in [1.54, 1.807) is 30.4 Å². The van der Waals surface area contributed by atoms with Crippen molar-refractivity contribution in [1.29, 1.82) is 0 Å². The molecule has 2 atom stereocenters. The van der Waals surface area contributed by atoms with Crippen molar-refractivity contribution in [3.8, 4) is 11.6 Å². The number of pyridine rings is 1. The van der Waals surface area contributed by atoms with Crippen LogP contribution in [-0.2, 0) is 12.0 Å². The molecule has 1 aromatic carbocycles. The summed E-state index contributed by atoms with van der Waals surface area (Å²) in [7, 11) is 0. The number of carboxylic acid groups (broad SMARTS) is 1. The van der Waals surface area contributed by atoms with Crippen LogP contribution in [0, 0.1) is 6.92 Å². The summed E-state index contributed by atoms with van der Waals surface area (Å²) < 4.78 is 6.02. The second-order valence-corrected chi connectivity index (χ2v) is 10.9. The van der Waals surface area contributed by atoms with Crippen LogP contribution in [0.25, 0.3) is 11.6 Å². The highest BCUT2D eigenvalue weighted by atomic mass is 32.1. The molecule has 40 heavy (non-hydrogen) atoms. The molecule has 0 unspecified atom stereocenters. The fraction of sp³-hybridized carbons (Fsp3) is 0.357. The van der Waals surface area contributed by atoms with Crippen LogP contribution in [0.4, 0.5) is 10.6 Å². The number of carbonyl (C=O) groups excluding carboxylic acids is 1. The van der Waals surface area contributed by atoms with Gasteiger partial charge in [-0.2, -0.15) is 0 Å². The summed E-state index contributed by atoms with van der Waals surface area (Å²) >= 11 is 1.57. The van der Waals surface area contributed by atoms with Gasteiger partial charge < -0.3 is 25.1 Å². The molecule has 3 aromatic heterocycles. The van der Waals surface area contributed by atoms with E-state index in [0.717, 1.165) is 29.1 Å². The zero-order chi connectivity index (χ0) is 28.3. The molecule has 4 aromatic rings. The number of hydrogen-bond acceptors (Lipinski definition) is 9. The molecule has 1 aliphatic rings. The van der Waals surface area contributed by atoms with Crippen molar-refractivity contribution < 1.29 is 19.1 Å². The minimum atomic E-state index is -1.21. The number of anilines is 1. The van der Waals surface area contributed by atoms with Gasteiger partial charge in [0.15, 0.2) is 0 Å². The fourth-order valence-electron chi connectivity index (χ4n) is 4.96. The lowest BCUT2D eigenvalue weighted by atomic mass is 9.93. The normalized spacial score (nSPS) is 16.5. The van der Waals surface area contributed by atoms with Crippen LogP contribution in [-0.4, -0.2) is 55.3 Å². The summed E-state index contributed by atoms with van der Waals surface area (Å²) in [4.78, 5) is 36.5. The molecular weight excluding hydrogens is 530 g/mol. The van der Waals surface area contributed by atoms with Crippen LogP contribution in [0.3, 0.4) is 0 Å². The molecule has 0 aliphatic carbocycles. The van der Waals surface area contributed by atoms with Gasteiger partial charge in [-0.05, 0) is 51.3 Å². The van der Waals surface area contributed by atoms with Gasteiger partial charge >= 0.3 is 6.09 Å². The number of nitrogens with zero attached hydrogens (tertiary/aromatic N) is 5. The molecule has 2 amide bonds. The summed E-state index contributed by atoms with van der Waals surface area (Å²) in [5.74, 6) is 0.554. The van der Waals surface area contributed by atoms with Gasteiger partial charge in [-0.25, -0.2) is 14.8 Å². The average molecular weight is 562 g/mol. The Hall–Kier alpha value is -4.32. The van der Waals surface area contributed by atoms with Gasteiger partial charge in [0, 0.05) is 36.1 Å². The molecule has 1 saturated heterocycles. The van der Waals surface area contributed by atoms with Gasteiger partial charge in [0.25, 0.3) is 11.8 Å². The highest BCUT2D eigenvalue weighted by molar-refractivity contribution is 7.09. The largest absolute Gasteiger partial charge is 0.465 e. The smallest absolute Gasteiger partial charge is 0.405 e. The fourth-order valence-corrected chi connectivity index (χ4v) is 5.90. The number of benzene rings is 1. The third-order valence-electron chi connectivity index (χ3n) is 6.77. The topological polar surface area (TPSA) is 146 Å². The van der Waals surface area contributed by atoms with Gasteiger partial charge in [0.05, 0.1) is 6.04 Å². The van der Waals surface area contributed by atoms with E-state index < -0.39 is 11.6 Å². The van der Waals surface area contributed by atoms with Gasteiger partial charge in [0.1, 0.15) is 22.1 Å². The van der Waals surface area contributed by atoms with Crippen molar-refractivity contribution in [2.45, 2.75) is 51.6 Å². The van der Waals surface area contributed by atoms with Crippen molar-refractivity contribution in [2.24, 2.45) is 0 Å². The van der Waals surface area contributed by atoms with Crippen LogP contribution in [0.15, 0.2) is 52.3 Å². The Morgan fingerprint density at radius 2 is 2.00 bits per heavy atom. The number of carbonyl (C=O) groups is 2. The molecular formula is C28H31N7O4S. The molecule has 3 N–H and O–H groups in total. The molecule has 0 radical (unpaired) electrons. The quantitative estimate of drug-likeness (QED) is 0.256. The number of likely N-dealkylation sites (tertiary alicyclic amines) is 1. The standard InChI is InChI=1S/C28H31N7O4S/c1-4-29-22-14-19(25(36)35-12-8-11-21(35)24-30-17(2)16-40-24)13-20(31-22)23-33-34-26(39-23)28(3,32-27(37)38)15-18-9-6-5-7-10-18/h5-7,9-10,13-14,16,21,32H,4,8,11-12,15H2,1-3H3,(H,29,31)(H,37,38)/t21-,28-/m1/s1. The molecule has 1 aliphatic heterocycles. The van der Waals surface area contributed by atoms with E-state index >= 15 is 0 Å². The summed E-state index contributed by atoms with van der Waals surface area (Å²) in [6.45, 7) is 6.82. The summed E-state index contributed by atoms with van der Waals surface area (Å²) in [6, 6.07) is 12.7. The SMILES string of the molecule is CCNc1cc(C(=O)N2CCC[C@@H]2c2nc(C)cs2)cc(-c2nnc([C@@](C)(Cc3ccccc3)NC(=O)O)o2)n1. The van der Waals surface area contributed by atoms with E-state index in [9.17, 15) is 14.7 Å². The predicted octanol–water partition coefficient (Wildman–Crippen LogP) is 5.03. The summed E-state index contributed by atoms with van der Waals surface area (Å²) in [6.07, 6.45) is 0.841. The molecule has 11 nitrogen and oxygen atoms in total. The molecule has 0 saturated carbocycles. The van der Waals surface area contributed by atoms with Crippen LogP contribution in [0.1, 0.15) is 65.2 Å². The first-order valence-corrected chi connectivity index (χ1v) is 14.0. The van der Waals surface area contributed by atoms with E-state index in [4.69, 9.17) is 4.42 Å². The first-order chi connectivity index (χ1) is 19.3. The highest BCUT2D eigenvalue weighted by Crippen LogP contribution is 2.35. The average Bonchev–Trinajstić information content (AvgIpc) is 3.69. The number of hydrogen-bond donors (Lipinski definition) is 3. The molecule has 1 fully saturated rings. The number of rotatable bonds is 9. The third kappa shape index (κ3) is 5.81. The lowest BCUT2D eigenvalue weighted by Crippen LogP contribution is -2.44. The molecule has 4 heterocycles. The first kappa shape index (κ1) is 27.3. The Kier molecular flexibility index (Phi) is 7.78. The maximum Gasteiger partial charge on any atom is 0.405 e. The van der Waals surface area contributed by atoms with E-state index in [1.165, 1.54) is 0 Å². The monoisotopic (exact) mass is 561 g/mol. The Bertz CT molecular complexity index is 1510. The highest BCUT2D eigenvalue weighted by Gasteiger charge is 2.36. The third-order valence-corrected chi connectivity index (χ3v) is 7.83. The summed E-state index contributed by atoms with van der Waals surface area (Å²) in [5, 5.41) is 26.6. The molecule has 12 heteroatoms. The second kappa shape index (κ2) is 11.4. The van der Waals surface area contributed by atoms with Crippen molar-refractivity contribution in [1.82, 2.24) is 30.4 Å². The molecule has 0 bridgehead atoms. The zero-order valence-electron chi connectivity index (χ0n) is 22.5. The van der Waals surface area contributed by atoms with Crippen LogP contribution in [0.5, 0.6) is 0 Å². The Morgan fingerprint density at radius 1 is 1.20 bits per heavy atom. The maximum atomic E-state index is 13.8. The van der Waals surface area contributed by atoms with Crippen LogP contribution < -0.4 is 10.6 Å². The zero-order valence-corrected chi connectivity index (χ0v) is 23.4. The number of thiazole rings is 1. The second-order valence-electron chi connectivity index (χ2n) is 9.98. The maximum absolute atomic E-state index is 13.8. The minimum absolute atomic E-state index is 0.0683. The van der Waals surface area contributed by atoms with Gasteiger partial charge in [-0.3, -0.25) is 4.79 Å². The predicted molar refractivity (Wildman–Crippen MR) is 150 cm³/mol. The van der Waals surface area contributed by atoms with Crippen LogP contribution >= 0.6 is 11.3 Å². The number of amides is 2. The van der Waals surface area contributed by atoms with E-state index in [2.05, 4.69) is 30.8 Å². The minimum Gasteiger partial charge on any atom is -0.465 e.